The van der Waals surface area contributed by atoms with Crippen LogP contribution < -0.4 is 10.1 Å². The van der Waals surface area contributed by atoms with Crippen LogP contribution in [0.3, 0.4) is 0 Å². The molecule has 1 amide bonds. The minimum absolute atomic E-state index is 0.0255. The topological polar surface area (TPSA) is 70.1 Å². The molecule has 1 N–H and O–H groups in total. The number of ether oxygens (including phenoxy) is 1. The summed E-state index contributed by atoms with van der Waals surface area (Å²) in [5.41, 5.74) is 1.49. The van der Waals surface area contributed by atoms with Gasteiger partial charge in [0.2, 0.25) is 5.96 Å². The lowest BCUT2D eigenvalue weighted by Crippen LogP contribution is -2.48. The number of aryl methyl sites for hydroxylation is 1. The quantitative estimate of drug-likeness (QED) is 0.693. The van der Waals surface area contributed by atoms with Gasteiger partial charge >= 0.3 is 0 Å². The molecule has 8 heteroatoms. The van der Waals surface area contributed by atoms with Crippen LogP contribution in [0.5, 0.6) is 5.75 Å². The smallest absolute Gasteiger partial charge is 0.254 e. The predicted octanol–water partition coefficient (Wildman–Crippen LogP) is 3.44. The van der Waals surface area contributed by atoms with E-state index in [9.17, 15) is 4.79 Å². The lowest BCUT2D eigenvalue weighted by Gasteiger charge is -2.33. The van der Waals surface area contributed by atoms with Crippen molar-refractivity contribution in [2.45, 2.75) is 52.2 Å². The van der Waals surface area contributed by atoms with Gasteiger partial charge in [-0.05, 0) is 50.4 Å². The van der Waals surface area contributed by atoms with Gasteiger partial charge in [0, 0.05) is 25.0 Å². The summed E-state index contributed by atoms with van der Waals surface area (Å²) < 4.78 is 5.82. The van der Waals surface area contributed by atoms with Crippen LogP contribution in [0.15, 0.2) is 34.6 Å². The van der Waals surface area contributed by atoms with Gasteiger partial charge in [-0.15, -0.1) is 11.3 Å². The van der Waals surface area contributed by atoms with Crippen LogP contribution in [0, 0.1) is 12.8 Å². The number of piperidine rings is 1. The third kappa shape index (κ3) is 5.30. The van der Waals surface area contributed by atoms with Crippen LogP contribution in [-0.2, 0) is 17.9 Å². The Kier molecular flexibility index (Phi) is 6.81. The van der Waals surface area contributed by atoms with E-state index < -0.39 is 5.54 Å². The Hall–Kier alpha value is -2.45. The molecular formula is C24H33N5O2S. The highest BCUT2D eigenvalue weighted by atomic mass is 32.1. The van der Waals surface area contributed by atoms with Crippen molar-refractivity contribution in [1.82, 2.24) is 20.1 Å². The van der Waals surface area contributed by atoms with Gasteiger partial charge in [0.15, 0.2) is 0 Å². The van der Waals surface area contributed by atoms with Crippen molar-refractivity contribution in [3.8, 4) is 5.75 Å². The Bertz CT molecular complexity index is 961. The van der Waals surface area contributed by atoms with Crippen LogP contribution in [0.2, 0.25) is 0 Å². The molecule has 2 aliphatic rings. The monoisotopic (exact) mass is 455 g/mol. The normalized spacial score (nSPS) is 18.2. The zero-order chi connectivity index (χ0) is 22.7. The standard InChI is InChI=1S/C24H33N5O2S/c1-17(2)15-31-21-7-5-19(6-8-21)13-29(14-20-16-32-18(3)25-20)23-26-22(30)24(27-23)9-11-28(4)12-10-24/h5-8,16-17H,9-15H2,1-4H3,(H,26,27,30). The summed E-state index contributed by atoms with van der Waals surface area (Å²) in [4.78, 5) is 26.9. The molecule has 32 heavy (non-hydrogen) atoms. The van der Waals surface area contributed by atoms with Gasteiger partial charge in [0.25, 0.3) is 5.91 Å². The summed E-state index contributed by atoms with van der Waals surface area (Å²) in [6.07, 6.45) is 1.51. The fraction of sp³-hybridized carbons (Fsp3) is 0.542. The minimum Gasteiger partial charge on any atom is -0.493 e. The predicted molar refractivity (Wildman–Crippen MR) is 128 cm³/mol. The Morgan fingerprint density at radius 3 is 2.56 bits per heavy atom. The zero-order valence-corrected chi connectivity index (χ0v) is 20.2. The number of thiazole rings is 1. The molecule has 1 spiro atoms. The molecule has 1 saturated heterocycles. The molecule has 2 aliphatic heterocycles. The fourth-order valence-electron chi connectivity index (χ4n) is 4.03. The second-order valence-corrected chi connectivity index (χ2v) is 10.3. The summed E-state index contributed by atoms with van der Waals surface area (Å²) in [6, 6.07) is 8.18. The van der Waals surface area contributed by atoms with E-state index in [1.807, 2.05) is 19.1 Å². The molecule has 1 aromatic carbocycles. The van der Waals surface area contributed by atoms with Crippen molar-refractivity contribution in [3.63, 3.8) is 0 Å². The number of nitrogens with zero attached hydrogens (tertiary/aromatic N) is 4. The maximum atomic E-state index is 13.0. The van der Waals surface area contributed by atoms with Crippen molar-refractivity contribution in [1.29, 1.82) is 0 Å². The first-order chi connectivity index (χ1) is 15.3. The number of rotatable bonds is 7. The SMILES string of the molecule is Cc1nc(CN(Cc2ccc(OCC(C)C)cc2)C2=NC3(CCN(C)CC3)C(=O)N2)cs1. The first-order valence-electron chi connectivity index (χ1n) is 11.3. The van der Waals surface area contributed by atoms with Gasteiger partial charge in [-0.25, -0.2) is 9.98 Å². The molecule has 0 unspecified atom stereocenters. The Morgan fingerprint density at radius 2 is 1.94 bits per heavy atom. The largest absolute Gasteiger partial charge is 0.493 e. The van der Waals surface area contributed by atoms with Gasteiger partial charge in [0.1, 0.15) is 11.3 Å². The van der Waals surface area contributed by atoms with Gasteiger partial charge < -0.3 is 14.5 Å². The van der Waals surface area contributed by atoms with Gasteiger partial charge in [-0.3, -0.25) is 10.1 Å². The van der Waals surface area contributed by atoms with Crippen molar-refractivity contribution in [2.24, 2.45) is 10.9 Å². The number of nitrogens with one attached hydrogen (secondary N) is 1. The highest BCUT2D eigenvalue weighted by Crippen LogP contribution is 2.30. The Morgan fingerprint density at radius 1 is 1.22 bits per heavy atom. The first kappa shape index (κ1) is 22.7. The molecule has 4 rings (SSSR count). The summed E-state index contributed by atoms with van der Waals surface area (Å²) in [5.74, 6) is 2.05. The third-order valence-corrected chi connectivity index (χ3v) is 6.80. The van der Waals surface area contributed by atoms with Crippen LogP contribution in [-0.4, -0.2) is 58.9 Å². The van der Waals surface area contributed by atoms with Gasteiger partial charge in [0.05, 0.1) is 23.9 Å². The molecule has 2 aromatic rings. The number of amides is 1. The van der Waals surface area contributed by atoms with Crippen molar-refractivity contribution < 1.29 is 9.53 Å². The second kappa shape index (κ2) is 9.58. The van der Waals surface area contributed by atoms with Gasteiger partial charge in [-0.1, -0.05) is 26.0 Å². The van der Waals surface area contributed by atoms with E-state index in [1.54, 1.807) is 11.3 Å². The first-order valence-corrected chi connectivity index (χ1v) is 12.2. The Labute approximate surface area is 194 Å². The number of likely N-dealkylation sites (tertiary alicyclic amines) is 1. The summed E-state index contributed by atoms with van der Waals surface area (Å²) >= 11 is 1.64. The van der Waals surface area contributed by atoms with E-state index in [4.69, 9.17) is 9.73 Å². The number of guanidine groups is 1. The molecule has 7 nitrogen and oxygen atoms in total. The fourth-order valence-corrected chi connectivity index (χ4v) is 4.64. The number of carbonyl (C=O) groups excluding carboxylic acids is 1. The maximum absolute atomic E-state index is 13.0. The number of hydrogen-bond acceptors (Lipinski definition) is 7. The van der Waals surface area contributed by atoms with E-state index in [0.717, 1.165) is 47.9 Å². The molecule has 0 bridgehead atoms. The zero-order valence-electron chi connectivity index (χ0n) is 19.4. The number of hydrogen-bond donors (Lipinski definition) is 1. The second-order valence-electron chi connectivity index (χ2n) is 9.29. The number of benzene rings is 1. The average molecular weight is 456 g/mol. The molecule has 1 aromatic heterocycles. The van der Waals surface area contributed by atoms with Crippen molar-refractivity contribution in [2.75, 3.05) is 26.7 Å². The molecule has 0 radical (unpaired) electrons. The highest BCUT2D eigenvalue weighted by Gasteiger charge is 2.46. The van der Waals surface area contributed by atoms with Crippen LogP contribution in [0.25, 0.3) is 0 Å². The molecule has 172 valence electrons. The van der Waals surface area contributed by atoms with E-state index in [1.165, 1.54) is 0 Å². The van der Waals surface area contributed by atoms with Crippen molar-refractivity contribution >= 4 is 23.2 Å². The van der Waals surface area contributed by atoms with E-state index in [-0.39, 0.29) is 5.91 Å². The molecular weight excluding hydrogens is 422 g/mol. The van der Waals surface area contributed by atoms with Crippen molar-refractivity contribution in [3.05, 3.63) is 45.9 Å². The summed E-state index contributed by atoms with van der Waals surface area (Å²) in [7, 11) is 2.09. The maximum Gasteiger partial charge on any atom is 0.254 e. The number of carbonyl (C=O) groups is 1. The van der Waals surface area contributed by atoms with Crippen LogP contribution >= 0.6 is 11.3 Å². The van der Waals surface area contributed by atoms with Gasteiger partial charge in [-0.2, -0.15) is 0 Å². The van der Waals surface area contributed by atoms with Crippen LogP contribution in [0.4, 0.5) is 0 Å². The lowest BCUT2D eigenvalue weighted by atomic mass is 9.88. The van der Waals surface area contributed by atoms with E-state index in [0.29, 0.717) is 31.6 Å². The van der Waals surface area contributed by atoms with E-state index in [2.05, 4.69) is 58.5 Å². The average Bonchev–Trinajstić information content (AvgIpc) is 3.32. The minimum atomic E-state index is -0.632. The van der Waals surface area contributed by atoms with E-state index >= 15 is 0 Å². The Balaban J connectivity index is 1.53. The molecule has 0 atom stereocenters. The molecule has 0 saturated carbocycles. The number of aromatic nitrogens is 1. The number of aliphatic imine (C=N–C) groups is 1. The third-order valence-electron chi connectivity index (χ3n) is 5.98. The summed E-state index contributed by atoms with van der Waals surface area (Å²) in [6.45, 7) is 9.99. The lowest BCUT2D eigenvalue weighted by molar-refractivity contribution is -0.125. The molecule has 3 heterocycles. The summed E-state index contributed by atoms with van der Waals surface area (Å²) in [5, 5.41) is 6.21. The van der Waals surface area contributed by atoms with Crippen LogP contribution in [0.1, 0.15) is 43.0 Å². The molecule has 0 aliphatic carbocycles. The highest BCUT2D eigenvalue weighted by molar-refractivity contribution is 7.09. The molecule has 1 fully saturated rings.